The van der Waals surface area contributed by atoms with E-state index in [-0.39, 0.29) is 5.41 Å². The highest BCUT2D eigenvalue weighted by atomic mass is 16.2. The molecular formula is C15H27N3O. The Balaban J connectivity index is 1.66. The maximum absolute atomic E-state index is 12.7. The van der Waals surface area contributed by atoms with Crippen molar-refractivity contribution in [1.82, 2.24) is 9.80 Å². The summed E-state index contributed by atoms with van der Waals surface area (Å²) in [6.45, 7) is 3.67. The smallest absolute Gasteiger partial charge is 0.230 e. The molecule has 2 heterocycles. The van der Waals surface area contributed by atoms with E-state index in [1.165, 1.54) is 25.8 Å². The van der Waals surface area contributed by atoms with Gasteiger partial charge in [-0.25, -0.2) is 0 Å². The average molecular weight is 265 g/mol. The first-order valence-electron chi connectivity index (χ1n) is 7.86. The first-order valence-corrected chi connectivity index (χ1v) is 7.86. The van der Waals surface area contributed by atoms with Gasteiger partial charge in [-0.05, 0) is 51.6 Å². The van der Waals surface area contributed by atoms with E-state index in [4.69, 9.17) is 5.73 Å². The standard InChI is InChI=1S/C15H27N3O/c1-17-8-2-4-12-10-18(9-5-13(12)17)14(19)15(11-16)6-3-7-15/h12-13H,2-11,16H2,1H3. The molecule has 2 saturated heterocycles. The van der Waals surface area contributed by atoms with Gasteiger partial charge in [0.15, 0.2) is 0 Å². The maximum atomic E-state index is 12.7. The second kappa shape index (κ2) is 5.06. The SMILES string of the molecule is CN1CCCC2CN(C(=O)C3(CN)CCC3)CCC21. The second-order valence-electron chi connectivity index (χ2n) is 6.83. The van der Waals surface area contributed by atoms with E-state index in [0.29, 0.717) is 24.4 Å². The van der Waals surface area contributed by atoms with Gasteiger partial charge in [0, 0.05) is 25.7 Å². The second-order valence-corrected chi connectivity index (χ2v) is 6.83. The molecule has 2 unspecified atom stereocenters. The summed E-state index contributed by atoms with van der Waals surface area (Å²) in [5, 5.41) is 0. The number of carbonyl (C=O) groups is 1. The van der Waals surface area contributed by atoms with Gasteiger partial charge in [0.1, 0.15) is 0 Å². The van der Waals surface area contributed by atoms with Gasteiger partial charge < -0.3 is 15.5 Å². The van der Waals surface area contributed by atoms with Crippen LogP contribution in [0, 0.1) is 11.3 Å². The summed E-state index contributed by atoms with van der Waals surface area (Å²) in [6, 6.07) is 0.702. The Morgan fingerprint density at radius 2 is 2.05 bits per heavy atom. The molecule has 0 aromatic carbocycles. The third-order valence-electron chi connectivity index (χ3n) is 5.79. The molecular weight excluding hydrogens is 238 g/mol. The molecule has 108 valence electrons. The average Bonchev–Trinajstić information content (AvgIpc) is 2.38. The van der Waals surface area contributed by atoms with Crippen LogP contribution in [-0.2, 0) is 4.79 Å². The van der Waals surface area contributed by atoms with E-state index in [9.17, 15) is 4.79 Å². The largest absolute Gasteiger partial charge is 0.342 e. The van der Waals surface area contributed by atoms with E-state index in [1.54, 1.807) is 0 Å². The van der Waals surface area contributed by atoms with Gasteiger partial charge in [0.2, 0.25) is 5.91 Å². The van der Waals surface area contributed by atoms with Crippen molar-refractivity contribution in [2.24, 2.45) is 17.1 Å². The minimum absolute atomic E-state index is 0.187. The van der Waals surface area contributed by atoms with Crippen LogP contribution in [0.5, 0.6) is 0 Å². The molecule has 0 radical (unpaired) electrons. The van der Waals surface area contributed by atoms with Gasteiger partial charge in [0.05, 0.1) is 5.41 Å². The third kappa shape index (κ3) is 2.19. The molecule has 0 aromatic rings. The summed E-state index contributed by atoms with van der Waals surface area (Å²) in [5.74, 6) is 1.04. The number of fused-ring (bicyclic) bond motifs is 1. The van der Waals surface area contributed by atoms with Crippen LogP contribution in [0.4, 0.5) is 0 Å². The number of hydrogen-bond donors (Lipinski definition) is 1. The Morgan fingerprint density at radius 1 is 1.26 bits per heavy atom. The fourth-order valence-electron chi connectivity index (χ4n) is 4.28. The number of nitrogens with zero attached hydrogens (tertiary/aromatic N) is 2. The van der Waals surface area contributed by atoms with Crippen molar-refractivity contribution in [2.45, 2.75) is 44.6 Å². The first kappa shape index (κ1) is 13.4. The molecule has 4 heteroatoms. The monoisotopic (exact) mass is 265 g/mol. The lowest BCUT2D eigenvalue weighted by Gasteiger charge is -2.49. The fourth-order valence-corrected chi connectivity index (χ4v) is 4.28. The molecule has 0 bridgehead atoms. The van der Waals surface area contributed by atoms with Crippen molar-refractivity contribution >= 4 is 5.91 Å². The van der Waals surface area contributed by atoms with E-state index in [1.807, 2.05) is 0 Å². The molecule has 3 fully saturated rings. The summed E-state index contributed by atoms with van der Waals surface area (Å²) in [6.07, 6.45) is 6.90. The fraction of sp³-hybridized carbons (Fsp3) is 0.933. The van der Waals surface area contributed by atoms with E-state index in [0.717, 1.165) is 32.4 Å². The molecule has 2 atom stereocenters. The molecule has 4 nitrogen and oxygen atoms in total. The minimum Gasteiger partial charge on any atom is -0.342 e. The maximum Gasteiger partial charge on any atom is 0.230 e. The molecule has 2 aliphatic heterocycles. The Kier molecular flexibility index (Phi) is 3.56. The van der Waals surface area contributed by atoms with Crippen LogP contribution < -0.4 is 5.73 Å². The molecule has 3 aliphatic rings. The van der Waals surface area contributed by atoms with Crippen LogP contribution in [-0.4, -0.2) is 55.0 Å². The molecule has 1 amide bonds. The summed E-state index contributed by atoms with van der Waals surface area (Å²) >= 11 is 0. The van der Waals surface area contributed by atoms with Gasteiger partial charge in [-0.15, -0.1) is 0 Å². The molecule has 19 heavy (non-hydrogen) atoms. The number of piperidine rings is 2. The summed E-state index contributed by atoms with van der Waals surface area (Å²) < 4.78 is 0. The van der Waals surface area contributed by atoms with Gasteiger partial charge >= 0.3 is 0 Å². The topological polar surface area (TPSA) is 49.6 Å². The number of carbonyl (C=O) groups excluding carboxylic acids is 1. The van der Waals surface area contributed by atoms with Crippen molar-refractivity contribution in [3.63, 3.8) is 0 Å². The lowest BCUT2D eigenvalue weighted by Crippen LogP contribution is -2.58. The van der Waals surface area contributed by atoms with Crippen LogP contribution in [0.15, 0.2) is 0 Å². The molecule has 1 saturated carbocycles. The highest BCUT2D eigenvalue weighted by Gasteiger charge is 2.47. The van der Waals surface area contributed by atoms with Gasteiger partial charge in [0.25, 0.3) is 0 Å². The van der Waals surface area contributed by atoms with Crippen LogP contribution >= 0.6 is 0 Å². The van der Waals surface area contributed by atoms with Crippen molar-refractivity contribution in [1.29, 1.82) is 0 Å². The predicted octanol–water partition coefficient (Wildman–Crippen LogP) is 1.06. The summed E-state index contributed by atoms with van der Waals surface area (Å²) in [5.41, 5.74) is 5.69. The number of hydrogen-bond acceptors (Lipinski definition) is 3. The zero-order chi connectivity index (χ0) is 13.5. The molecule has 2 N–H and O–H groups in total. The number of nitrogens with two attached hydrogens (primary N) is 1. The zero-order valence-electron chi connectivity index (χ0n) is 12.1. The van der Waals surface area contributed by atoms with Crippen molar-refractivity contribution in [3.05, 3.63) is 0 Å². The van der Waals surface area contributed by atoms with Crippen molar-refractivity contribution in [2.75, 3.05) is 33.2 Å². The van der Waals surface area contributed by atoms with Gasteiger partial charge in [-0.1, -0.05) is 6.42 Å². The highest BCUT2D eigenvalue weighted by molar-refractivity contribution is 5.84. The molecule has 0 spiro atoms. The van der Waals surface area contributed by atoms with Crippen molar-refractivity contribution < 1.29 is 4.79 Å². The quantitative estimate of drug-likeness (QED) is 0.812. The van der Waals surface area contributed by atoms with Crippen LogP contribution in [0.1, 0.15) is 38.5 Å². The number of likely N-dealkylation sites (tertiary alicyclic amines) is 2. The van der Waals surface area contributed by atoms with E-state index in [2.05, 4.69) is 16.8 Å². The molecule has 1 aliphatic carbocycles. The lowest BCUT2D eigenvalue weighted by molar-refractivity contribution is -0.150. The number of amides is 1. The Labute approximate surface area is 116 Å². The number of rotatable bonds is 2. The van der Waals surface area contributed by atoms with Gasteiger partial charge in [-0.3, -0.25) is 4.79 Å². The highest BCUT2D eigenvalue weighted by Crippen LogP contribution is 2.42. The first-order chi connectivity index (χ1) is 9.16. The summed E-state index contributed by atoms with van der Waals surface area (Å²) in [7, 11) is 2.24. The Hall–Kier alpha value is -0.610. The minimum atomic E-state index is -0.187. The normalized spacial score (nSPS) is 34.5. The Bertz CT molecular complexity index is 348. The summed E-state index contributed by atoms with van der Waals surface area (Å²) in [4.78, 5) is 17.4. The Morgan fingerprint density at radius 3 is 2.68 bits per heavy atom. The van der Waals surface area contributed by atoms with Crippen LogP contribution in [0.2, 0.25) is 0 Å². The lowest BCUT2D eigenvalue weighted by atomic mass is 9.67. The van der Waals surface area contributed by atoms with E-state index < -0.39 is 0 Å². The molecule has 0 aromatic heterocycles. The van der Waals surface area contributed by atoms with Crippen molar-refractivity contribution in [3.8, 4) is 0 Å². The molecule has 3 rings (SSSR count). The predicted molar refractivity (Wildman–Crippen MR) is 75.7 cm³/mol. The third-order valence-corrected chi connectivity index (χ3v) is 5.79. The van der Waals surface area contributed by atoms with Crippen LogP contribution in [0.3, 0.4) is 0 Å². The zero-order valence-corrected chi connectivity index (χ0v) is 12.1. The van der Waals surface area contributed by atoms with E-state index >= 15 is 0 Å². The van der Waals surface area contributed by atoms with Gasteiger partial charge in [-0.2, -0.15) is 0 Å². The van der Waals surface area contributed by atoms with Crippen LogP contribution in [0.25, 0.3) is 0 Å².